The van der Waals surface area contributed by atoms with Crippen LogP contribution in [0.3, 0.4) is 0 Å². The van der Waals surface area contributed by atoms with Crippen LogP contribution in [-0.2, 0) is 26.0 Å². The number of nitrogens with zero attached hydrogens (tertiary/aromatic N) is 1. The van der Waals surface area contributed by atoms with E-state index in [0.29, 0.717) is 13.2 Å². The number of benzene rings is 1. The van der Waals surface area contributed by atoms with Gasteiger partial charge in [-0.05, 0) is 17.7 Å². The fourth-order valence-corrected chi connectivity index (χ4v) is 2.46. The summed E-state index contributed by atoms with van der Waals surface area (Å²) in [6.45, 7) is 0.338. The Labute approximate surface area is 124 Å². The monoisotopic (exact) mass is 311 g/mol. The maximum atomic E-state index is 12.0. The van der Waals surface area contributed by atoms with E-state index in [2.05, 4.69) is 10.0 Å². The minimum absolute atomic E-state index is 0.0499. The number of amides is 1. The summed E-state index contributed by atoms with van der Waals surface area (Å²) >= 11 is 0. The predicted octanol–water partition coefficient (Wildman–Crippen LogP) is -0.206. The van der Waals surface area contributed by atoms with Crippen molar-refractivity contribution in [2.45, 2.75) is 11.3 Å². The second-order valence-electron chi connectivity index (χ2n) is 4.15. The molecule has 0 aliphatic rings. The summed E-state index contributed by atoms with van der Waals surface area (Å²) < 4.78 is 30.9. The Morgan fingerprint density at radius 3 is 2.57 bits per heavy atom. The summed E-state index contributed by atoms with van der Waals surface area (Å²) in [5.74, 6) is -0.434. The molecule has 7 nitrogen and oxygen atoms in total. The average molecular weight is 311 g/mol. The number of rotatable bonds is 8. The van der Waals surface area contributed by atoms with Gasteiger partial charge in [0.1, 0.15) is 0 Å². The van der Waals surface area contributed by atoms with Crippen LogP contribution >= 0.6 is 0 Å². The van der Waals surface area contributed by atoms with E-state index in [1.165, 1.54) is 19.2 Å². The quantitative estimate of drug-likeness (QED) is 0.646. The van der Waals surface area contributed by atoms with Crippen LogP contribution in [-0.4, -0.2) is 41.1 Å². The highest BCUT2D eigenvalue weighted by Crippen LogP contribution is 2.10. The second-order valence-corrected chi connectivity index (χ2v) is 5.91. The van der Waals surface area contributed by atoms with Crippen molar-refractivity contribution in [1.82, 2.24) is 10.0 Å². The van der Waals surface area contributed by atoms with Gasteiger partial charge in [0.25, 0.3) is 0 Å². The third kappa shape index (κ3) is 5.91. The highest BCUT2D eigenvalue weighted by Gasteiger charge is 2.15. The normalized spacial score (nSPS) is 10.9. The molecule has 114 valence electrons. The molecule has 0 spiro atoms. The van der Waals surface area contributed by atoms with Gasteiger partial charge in [-0.3, -0.25) is 4.79 Å². The van der Waals surface area contributed by atoms with Gasteiger partial charge < -0.3 is 10.1 Å². The lowest BCUT2D eigenvalue weighted by Gasteiger charge is -2.08. The van der Waals surface area contributed by atoms with Gasteiger partial charge in [-0.25, -0.2) is 13.1 Å². The first-order valence-corrected chi connectivity index (χ1v) is 7.69. The van der Waals surface area contributed by atoms with Crippen LogP contribution in [0.4, 0.5) is 0 Å². The highest BCUT2D eigenvalue weighted by molar-refractivity contribution is 7.89. The molecule has 0 radical (unpaired) electrons. The largest absolute Gasteiger partial charge is 0.383 e. The van der Waals surface area contributed by atoms with Gasteiger partial charge in [0, 0.05) is 13.7 Å². The molecule has 0 atom stereocenters. The zero-order valence-corrected chi connectivity index (χ0v) is 12.4. The van der Waals surface area contributed by atoms with Gasteiger partial charge in [0.05, 0.1) is 30.5 Å². The number of hydrogen-bond donors (Lipinski definition) is 2. The average Bonchev–Trinajstić information content (AvgIpc) is 2.46. The van der Waals surface area contributed by atoms with Gasteiger partial charge in [-0.1, -0.05) is 12.1 Å². The fourth-order valence-electron chi connectivity index (χ4n) is 1.48. The van der Waals surface area contributed by atoms with E-state index >= 15 is 0 Å². The molecule has 0 aromatic heterocycles. The summed E-state index contributed by atoms with van der Waals surface area (Å²) in [5, 5.41) is 11.1. The fraction of sp³-hybridized carbons (Fsp3) is 0.385. The van der Waals surface area contributed by atoms with Crippen molar-refractivity contribution in [3.8, 4) is 6.07 Å². The van der Waals surface area contributed by atoms with Crippen LogP contribution in [0.1, 0.15) is 5.56 Å². The van der Waals surface area contributed by atoms with Crippen LogP contribution in [0, 0.1) is 11.3 Å². The molecule has 1 amide bonds. The molecule has 1 rings (SSSR count). The van der Waals surface area contributed by atoms with Gasteiger partial charge in [-0.2, -0.15) is 5.26 Å². The van der Waals surface area contributed by atoms with Crippen molar-refractivity contribution in [1.29, 1.82) is 5.26 Å². The third-order valence-electron chi connectivity index (χ3n) is 2.57. The van der Waals surface area contributed by atoms with E-state index < -0.39 is 15.9 Å². The second kappa shape index (κ2) is 8.36. The minimum Gasteiger partial charge on any atom is -0.383 e. The van der Waals surface area contributed by atoms with Crippen molar-refractivity contribution in [2.75, 3.05) is 26.8 Å². The molecule has 1 aromatic rings. The van der Waals surface area contributed by atoms with Crippen LogP contribution < -0.4 is 10.0 Å². The lowest BCUT2D eigenvalue weighted by Crippen LogP contribution is -2.38. The van der Waals surface area contributed by atoms with E-state index in [9.17, 15) is 13.2 Å². The summed E-state index contributed by atoms with van der Waals surface area (Å²) in [4.78, 5) is 11.5. The molecule has 0 bridgehead atoms. The molecule has 21 heavy (non-hydrogen) atoms. The Balaban J connectivity index is 2.57. The predicted molar refractivity (Wildman–Crippen MR) is 75.8 cm³/mol. The lowest BCUT2D eigenvalue weighted by molar-refractivity contribution is -0.120. The zero-order valence-electron chi connectivity index (χ0n) is 11.6. The van der Waals surface area contributed by atoms with Gasteiger partial charge in [0.2, 0.25) is 15.9 Å². The van der Waals surface area contributed by atoms with Crippen molar-refractivity contribution in [2.24, 2.45) is 0 Å². The van der Waals surface area contributed by atoms with Gasteiger partial charge >= 0.3 is 0 Å². The first kappa shape index (κ1) is 17.1. The topological polar surface area (TPSA) is 108 Å². The van der Waals surface area contributed by atoms with E-state index in [4.69, 9.17) is 10.00 Å². The molecule has 2 N–H and O–H groups in total. The molecule has 1 aromatic carbocycles. The van der Waals surface area contributed by atoms with Crippen LogP contribution in [0.5, 0.6) is 0 Å². The summed E-state index contributed by atoms with van der Waals surface area (Å²) in [6.07, 6.45) is 0.218. The zero-order chi connectivity index (χ0) is 15.7. The van der Waals surface area contributed by atoms with E-state index in [0.717, 1.165) is 5.56 Å². The standard InChI is InChI=1S/C13H17N3O4S/c1-20-9-8-15-13(17)10-16-21(18,19)12-4-2-11(3-5-12)6-7-14/h2-5,16H,6,8-10H2,1H3,(H,15,17). The Morgan fingerprint density at radius 2 is 2.00 bits per heavy atom. The number of sulfonamides is 1. The SMILES string of the molecule is COCCNC(=O)CNS(=O)(=O)c1ccc(CC#N)cc1. The van der Waals surface area contributed by atoms with Crippen molar-refractivity contribution in [3.05, 3.63) is 29.8 Å². The summed E-state index contributed by atoms with van der Waals surface area (Å²) in [7, 11) is -2.24. The lowest BCUT2D eigenvalue weighted by atomic mass is 10.2. The van der Waals surface area contributed by atoms with Gasteiger partial charge in [-0.15, -0.1) is 0 Å². The van der Waals surface area contributed by atoms with Gasteiger partial charge in [0.15, 0.2) is 0 Å². The molecule has 0 saturated heterocycles. The molecular weight excluding hydrogens is 294 g/mol. The number of hydrogen-bond acceptors (Lipinski definition) is 5. The molecule has 0 fully saturated rings. The third-order valence-corrected chi connectivity index (χ3v) is 3.99. The molecule has 0 heterocycles. The smallest absolute Gasteiger partial charge is 0.241 e. The molecule has 0 unspecified atom stereocenters. The maximum Gasteiger partial charge on any atom is 0.241 e. The number of ether oxygens (including phenoxy) is 1. The molecule has 8 heteroatoms. The number of nitriles is 1. The van der Waals surface area contributed by atoms with Crippen molar-refractivity contribution in [3.63, 3.8) is 0 Å². The maximum absolute atomic E-state index is 12.0. The molecule has 0 aliphatic heterocycles. The van der Waals surface area contributed by atoms with Crippen LogP contribution in [0.2, 0.25) is 0 Å². The van der Waals surface area contributed by atoms with Crippen molar-refractivity contribution >= 4 is 15.9 Å². The first-order chi connectivity index (χ1) is 9.99. The Morgan fingerprint density at radius 1 is 1.33 bits per heavy atom. The first-order valence-electron chi connectivity index (χ1n) is 6.21. The van der Waals surface area contributed by atoms with Crippen LogP contribution in [0.25, 0.3) is 0 Å². The van der Waals surface area contributed by atoms with Crippen LogP contribution in [0.15, 0.2) is 29.2 Å². The Kier molecular flexibility index (Phi) is 6.81. The Bertz CT molecular complexity index is 605. The summed E-state index contributed by atoms with van der Waals surface area (Å²) in [6, 6.07) is 7.91. The minimum atomic E-state index is -3.74. The number of carbonyl (C=O) groups is 1. The Hall–Kier alpha value is -1.95. The van der Waals surface area contributed by atoms with Crippen molar-refractivity contribution < 1.29 is 17.9 Å². The van der Waals surface area contributed by atoms with E-state index in [1.54, 1.807) is 12.1 Å². The number of methoxy groups -OCH3 is 1. The number of nitrogens with one attached hydrogen (secondary N) is 2. The molecule has 0 aliphatic carbocycles. The summed E-state index contributed by atoms with van der Waals surface area (Å²) in [5.41, 5.74) is 0.730. The van der Waals surface area contributed by atoms with E-state index in [-0.39, 0.29) is 17.9 Å². The highest BCUT2D eigenvalue weighted by atomic mass is 32.2. The molecule has 0 saturated carbocycles. The van der Waals surface area contributed by atoms with E-state index in [1.807, 2.05) is 6.07 Å². The number of carbonyl (C=O) groups excluding carboxylic acids is 1. The molecular formula is C13H17N3O4S.